The fraction of sp³-hybridized carbons (Fsp3) is 0.960. The van der Waals surface area contributed by atoms with E-state index in [9.17, 15) is 19.6 Å². The van der Waals surface area contributed by atoms with Crippen molar-refractivity contribution < 1.29 is 52.6 Å². The molecule has 12 nitrogen and oxygen atoms in total. The van der Waals surface area contributed by atoms with Crippen LogP contribution < -0.4 is 5.32 Å². The molecule has 0 saturated carbocycles. The molecule has 0 aliphatic carbocycles. The van der Waals surface area contributed by atoms with Crippen LogP contribution in [0.2, 0.25) is 0 Å². The van der Waals surface area contributed by atoms with Gasteiger partial charge in [0.2, 0.25) is 0 Å². The van der Waals surface area contributed by atoms with Crippen molar-refractivity contribution in [3.8, 4) is 0 Å². The summed E-state index contributed by atoms with van der Waals surface area (Å²) in [6, 6.07) is 0. The second-order valence-corrected chi connectivity index (χ2v) is 11.6. The Labute approximate surface area is 228 Å². The van der Waals surface area contributed by atoms with E-state index in [1.807, 2.05) is 14.1 Å². The smallest absolute Gasteiger partial charge is 0.389 e. The third kappa shape index (κ3) is 27.1. The van der Waals surface area contributed by atoms with Crippen LogP contribution in [-0.2, 0) is 28.1 Å². The summed E-state index contributed by atoms with van der Waals surface area (Å²) in [7, 11) is 1.07. The number of rotatable bonds is 28. The number of aliphatic hydroxyl groups is 2. The van der Waals surface area contributed by atoms with Crippen molar-refractivity contribution >= 4 is 13.6 Å². The largest absolute Gasteiger partial charge is 0.469 e. The summed E-state index contributed by atoms with van der Waals surface area (Å²) in [6.45, 7) is 4.49. The highest BCUT2D eigenvalue weighted by atomic mass is 31.2. The van der Waals surface area contributed by atoms with E-state index in [0.717, 1.165) is 58.0 Å². The number of ether oxygens (including phenoxy) is 3. The highest BCUT2D eigenvalue weighted by Gasteiger charge is 2.19. The molecule has 0 aromatic heterocycles. The van der Waals surface area contributed by atoms with Crippen LogP contribution in [0.1, 0.15) is 57.8 Å². The van der Waals surface area contributed by atoms with Crippen LogP contribution in [0.15, 0.2) is 0 Å². The summed E-state index contributed by atoms with van der Waals surface area (Å²) in [4.78, 5) is 29.6. The molecule has 0 spiro atoms. The summed E-state index contributed by atoms with van der Waals surface area (Å²) in [5.41, 5.74) is 0. The SMILES string of the molecule is COCC(O)COCCCCOCC(O)CNCCCCCC(=O)CCCC[N+](C)(C)CCOP(=O)(O)O. The van der Waals surface area contributed by atoms with Gasteiger partial charge in [-0.2, -0.15) is 0 Å². The predicted octanol–water partition coefficient (Wildman–Crippen LogP) is 1.24. The first-order chi connectivity index (χ1) is 17.9. The topological polar surface area (TPSA) is 164 Å². The molecule has 0 amide bonds. The molecule has 0 bridgehead atoms. The molecule has 38 heavy (non-hydrogen) atoms. The first-order valence-electron chi connectivity index (χ1n) is 13.7. The van der Waals surface area contributed by atoms with Crippen LogP contribution in [0.5, 0.6) is 0 Å². The Kier molecular flexibility index (Phi) is 22.9. The fourth-order valence-corrected chi connectivity index (χ4v) is 3.99. The number of quaternary nitrogens is 1. The molecule has 0 rings (SSSR count). The molecule has 5 N–H and O–H groups in total. The normalized spacial score (nSPS) is 14.1. The number of ketones is 1. The van der Waals surface area contributed by atoms with E-state index in [0.29, 0.717) is 43.6 Å². The Morgan fingerprint density at radius 2 is 1.42 bits per heavy atom. The van der Waals surface area contributed by atoms with Gasteiger partial charge in [-0.25, -0.2) is 4.57 Å². The number of Topliss-reactive ketones (excluding diaryl/α,β-unsaturated/α-hetero) is 1. The number of carbonyl (C=O) groups is 1. The molecule has 228 valence electrons. The highest BCUT2D eigenvalue weighted by Crippen LogP contribution is 2.35. The Bertz CT molecular complexity index is 621. The summed E-state index contributed by atoms with van der Waals surface area (Å²) >= 11 is 0. The van der Waals surface area contributed by atoms with Crippen molar-refractivity contribution in [3.05, 3.63) is 0 Å². The Morgan fingerprint density at radius 3 is 2.03 bits per heavy atom. The average Bonchev–Trinajstić information content (AvgIpc) is 2.82. The molecule has 2 unspecified atom stereocenters. The molecule has 2 atom stereocenters. The monoisotopic (exact) mass is 573 g/mol. The Balaban J connectivity index is 3.50. The second kappa shape index (κ2) is 23.2. The van der Waals surface area contributed by atoms with Gasteiger partial charge in [-0.1, -0.05) is 6.42 Å². The number of likely N-dealkylation sites (N-methyl/N-ethyl adjacent to an activating group) is 1. The maximum absolute atomic E-state index is 12.1. The van der Waals surface area contributed by atoms with Gasteiger partial charge >= 0.3 is 7.82 Å². The number of phosphoric acid groups is 1. The maximum Gasteiger partial charge on any atom is 0.469 e. The molecule has 0 fully saturated rings. The van der Waals surface area contributed by atoms with Gasteiger partial charge in [0.1, 0.15) is 25.0 Å². The fourth-order valence-electron chi connectivity index (χ4n) is 3.67. The van der Waals surface area contributed by atoms with E-state index < -0.39 is 20.0 Å². The molecule has 0 saturated heterocycles. The lowest BCUT2D eigenvalue weighted by atomic mass is 10.1. The number of nitrogens with zero attached hydrogens (tertiary/aromatic N) is 1. The van der Waals surface area contributed by atoms with Crippen LogP contribution in [0.25, 0.3) is 0 Å². The number of hydrogen-bond acceptors (Lipinski definition) is 9. The summed E-state index contributed by atoms with van der Waals surface area (Å²) in [6.07, 6.45) is 6.11. The third-order valence-electron chi connectivity index (χ3n) is 5.92. The van der Waals surface area contributed by atoms with E-state index in [1.165, 1.54) is 7.11 Å². The zero-order chi connectivity index (χ0) is 28.7. The van der Waals surface area contributed by atoms with Gasteiger partial charge in [0, 0.05) is 39.7 Å². The number of unbranched alkanes of at least 4 members (excludes halogenated alkanes) is 4. The van der Waals surface area contributed by atoms with Crippen molar-refractivity contribution in [2.45, 2.75) is 70.0 Å². The Hall–Kier alpha value is -0.500. The van der Waals surface area contributed by atoms with Crippen LogP contribution in [-0.4, -0.2) is 129 Å². The van der Waals surface area contributed by atoms with E-state index in [4.69, 9.17) is 24.0 Å². The van der Waals surface area contributed by atoms with Crippen LogP contribution >= 0.6 is 7.82 Å². The summed E-state index contributed by atoms with van der Waals surface area (Å²) in [5, 5.41) is 22.6. The summed E-state index contributed by atoms with van der Waals surface area (Å²) < 4.78 is 31.5. The van der Waals surface area contributed by atoms with Crippen molar-refractivity contribution in [1.29, 1.82) is 0 Å². The quantitative estimate of drug-likeness (QED) is 0.0520. The molecule has 0 aromatic carbocycles. The molecular weight excluding hydrogens is 519 g/mol. The summed E-state index contributed by atoms with van der Waals surface area (Å²) in [5.74, 6) is 0.274. The third-order valence-corrected chi connectivity index (χ3v) is 6.44. The molecule has 0 aliphatic heterocycles. The molecule has 0 aliphatic rings. The first-order valence-corrected chi connectivity index (χ1v) is 15.2. The zero-order valence-corrected chi connectivity index (χ0v) is 24.6. The van der Waals surface area contributed by atoms with Crippen molar-refractivity contribution in [1.82, 2.24) is 5.32 Å². The molecule has 0 radical (unpaired) electrons. The highest BCUT2D eigenvalue weighted by molar-refractivity contribution is 7.46. The van der Waals surface area contributed by atoms with Gasteiger partial charge in [-0.05, 0) is 45.1 Å². The van der Waals surface area contributed by atoms with Crippen molar-refractivity contribution in [2.24, 2.45) is 0 Å². The van der Waals surface area contributed by atoms with Gasteiger partial charge in [-0.15, -0.1) is 0 Å². The van der Waals surface area contributed by atoms with Gasteiger partial charge in [0.25, 0.3) is 0 Å². The van der Waals surface area contributed by atoms with Crippen LogP contribution in [0.4, 0.5) is 0 Å². The average molecular weight is 574 g/mol. The van der Waals surface area contributed by atoms with Crippen molar-refractivity contribution in [2.75, 3.05) is 87.0 Å². The predicted molar refractivity (Wildman–Crippen MR) is 145 cm³/mol. The number of aliphatic hydroxyl groups excluding tert-OH is 2. The molecule has 13 heteroatoms. The van der Waals surface area contributed by atoms with E-state index >= 15 is 0 Å². The van der Waals surface area contributed by atoms with E-state index in [2.05, 4.69) is 9.84 Å². The molecule has 0 heterocycles. The molecular formula is C25H54N2O10P+. The minimum absolute atomic E-state index is 0.00184. The number of hydrogen-bond donors (Lipinski definition) is 5. The zero-order valence-electron chi connectivity index (χ0n) is 23.7. The van der Waals surface area contributed by atoms with Crippen LogP contribution in [0.3, 0.4) is 0 Å². The van der Waals surface area contributed by atoms with Gasteiger partial charge in [0.05, 0.1) is 46.6 Å². The van der Waals surface area contributed by atoms with E-state index in [-0.39, 0.29) is 32.2 Å². The molecule has 0 aromatic rings. The Morgan fingerprint density at radius 1 is 0.816 bits per heavy atom. The lowest BCUT2D eigenvalue weighted by Crippen LogP contribution is -2.42. The number of carbonyl (C=O) groups excluding carboxylic acids is 1. The minimum Gasteiger partial charge on any atom is -0.389 e. The standard InChI is InChI=1S/C25H53N2O10P/c1-27(2,15-18-37-38(31,32)33)14-8-6-12-23(28)11-5-4-7-13-26-19-24(29)21-35-16-9-10-17-36-22-25(30)20-34-3/h24-26,29-30H,4-22H2,1-3H3,(H-,31,32,33)/p+1. The number of phosphoric ester groups is 1. The number of nitrogens with one attached hydrogen (secondary N) is 1. The number of methoxy groups -OCH3 is 1. The van der Waals surface area contributed by atoms with Gasteiger partial charge in [-0.3, -0.25) is 9.32 Å². The van der Waals surface area contributed by atoms with Gasteiger partial charge in [0.15, 0.2) is 0 Å². The lowest BCUT2D eigenvalue weighted by molar-refractivity contribution is -0.890. The van der Waals surface area contributed by atoms with E-state index in [1.54, 1.807) is 0 Å². The first kappa shape index (κ1) is 37.5. The lowest BCUT2D eigenvalue weighted by Gasteiger charge is -2.29. The minimum atomic E-state index is -4.42. The van der Waals surface area contributed by atoms with Gasteiger partial charge < -0.3 is 44.0 Å². The van der Waals surface area contributed by atoms with Crippen molar-refractivity contribution in [3.63, 3.8) is 0 Å². The maximum atomic E-state index is 12.1. The second-order valence-electron chi connectivity index (χ2n) is 10.3. The van der Waals surface area contributed by atoms with Crippen LogP contribution in [0, 0.1) is 0 Å².